The minimum absolute atomic E-state index is 0.00162. The van der Waals surface area contributed by atoms with Crippen molar-refractivity contribution >= 4 is 44.8 Å². The topological polar surface area (TPSA) is 29.1 Å². The highest BCUT2D eigenvalue weighted by atomic mass is 79.9. The number of halogens is 2. The van der Waals surface area contributed by atoms with E-state index in [2.05, 4.69) is 21.2 Å². The zero-order chi connectivity index (χ0) is 12.3. The van der Waals surface area contributed by atoms with Crippen molar-refractivity contribution in [2.75, 3.05) is 0 Å². The molecule has 0 spiro atoms. The summed E-state index contributed by atoms with van der Waals surface area (Å²) in [6, 6.07) is 3.85. The molecule has 1 N–H and O–H groups in total. The lowest BCUT2D eigenvalue weighted by molar-refractivity contribution is 0.0938. The number of rotatable bonds is 2. The van der Waals surface area contributed by atoms with Crippen molar-refractivity contribution < 1.29 is 4.79 Å². The van der Waals surface area contributed by atoms with Crippen molar-refractivity contribution in [2.24, 2.45) is 0 Å². The third-order valence-corrected chi connectivity index (χ3v) is 5.19. The standard InChI is InChI=1S/C12H15BrClNOS/c13-11-7-6-10(17-11)12(16)15-9-5-3-1-2-4-8(9)14/h6-9H,1-5H2,(H,15,16). The van der Waals surface area contributed by atoms with Crippen LogP contribution in [0.5, 0.6) is 0 Å². The summed E-state index contributed by atoms with van der Waals surface area (Å²) in [5.74, 6) is -0.00162. The van der Waals surface area contributed by atoms with E-state index in [1.165, 1.54) is 24.2 Å². The third kappa shape index (κ3) is 3.70. The first-order valence-electron chi connectivity index (χ1n) is 5.87. The lowest BCUT2D eigenvalue weighted by atomic mass is 10.1. The van der Waals surface area contributed by atoms with Crippen LogP contribution in [0.15, 0.2) is 15.9 Å². The van der Waals surface area contributed by atoms with E-state index in [1.807, 2.05) is 12.1 Å². The Morgan fingerprint density at radius 1 is 1.35 bits per heavy atom. The molecule has 2 unspecified atom stereocenters. The van der Waals surface area contributed by atoms with E-state index in [1.54, 1.807) is 0 Å². The van der Waals surface area contributed by atoms with E-state index in [0.29, 0.717) is 0 Å². The Hall–Kier alpha value is -0.0600. The van der Waals surface area contributed by atoms with Crippen LogP contribution >= 0.6 is 38.9 Å². The van der Waals surface area contributed by atoms with E-state index in [9.17, 15) is 4.79 Å². The van der Waals surface area contributed by atoms with Gasteiger partial charge in [-0.3, -0.25) is 4.79 Å². The molecule has 0 bridgehead atoms. The van der Waals surface area contributed by atoms with Gasteiger partial charge in [0.05, 0.1) is 14.0 Å². The Labute approximate surface area is 119 Å². The number of hydrogen-bond donors (Lipinski definition) is 1. The van der Waals surface area contributed by atoms with Gasteiger partial charge in [-0.1, -0.05) is 19.3 Å². The first kappa shape index (κ1) is 13.4. The van der Waals surface area contributed by atoms with Crippen molar-refractivity contribution in [2.45, 2.75) is 43.5 Å². The van der Waals surface area contributed by atoms with Crippen LogP contribution in [0.4, 0.5) is 0 Å². The molecule has 17 heavy (non-hydrogen) atoms. The smallest absolute Gasteiger partial charge is 0.261 e. The lowest BCUT2D eigenvalue weighted by Crippen LogP contribution is -2.40. The Morgan fingerprint density at radius 2 is 2.12 bits per heavy atom. The molecule has 2 rings (SSSR count). The maximum Gasteiger partial charge on any atom is 0.261 e. The molecule has 1 aromatic heterocycles. The van der Waals surface area contributed by atoms with Gasteiger partial charge in [-0.2, -0.15) is 0 Å². The van der Waals surface area contributed by atoms with Crippen molar-refractivity contribution in [3.8, 4) is 0 Å². The molecule has 1 aliphatic rings. The van der Waals surface area contributed by atoms with Crippen LogP contribution in [0.25, 0.3) is 0 Å². The number of carbonyl (C=O) groups excluding carboxylic acids is 1. The van der Waals surface area contributed by atoms with E-state index in [0.717, 1.165) is 27.9 Å². The SMILES string of the molecule is O=C(NC1CCCCCC1Cl)c1ccc(Br)s1. The summed E-state index contributed by atoms with van der Waals surface area (Å²) in [7, 11) is 0. The molecule has 0 saturated heterocycles. The number of amides is 1. The molecule has 1 fully saturated rings. The van der Waals surface area contributed by atoms with Gasteiger partial charge < -0.3 is 5.32 Å². The molecule has 94 valence electrons. The number of hydrogen-bond acceptors (Lipinski definition) is 2. The summed E-state index contributed by atoms with van der Waals surface area (Å²) in [5, 5.41) is 3.13. The zero-order valence-electron chi connectivity index (χ0n) is 9.42. The van der Waals surface area contributed by atoms with E-state index in [4.69, 9.17) is 11.6 Å². The summed E-state index contributed by atoms with van der Waals surface area (Å²) < 4.78 is 0.978. The van der Waals surface area contributed by atoms with Gasteiger partial charge in [0.1, 0.15) is 0 Å². The second kappa shape index (κ2) is 6.21. The van der Waals surface area contributed by atoms with Crippen LogP contribution < -0.4 is 5.32 Å². The zero-order valence-corrected chi connectivity index (χ0v) is 12.6. The maximum absolute atomic E-state index is 12.0. The molecule has 0 aliphatic heterocycles. The first-order valence-corrected chi connectivity index (χ1v) is 7.91. The minimum atomic E-state index is -0.00162. The summed E-state index contributed by atoms with van der Waals surface area (Å²) in [6.07, 6.45) is 5.54. The predicted octanol–water partition coefficient (Wildman–Crippen LogP) is 4.18. The molecule has 2 atom stereocenters. The van der Waals surface area contributed by atoms with Crippen LogP contribution in [0, 0.1) is 0 Å². The summed E-state index contributed by atoms with van der Waals surface area (Å²) in [4.78, 5) is 12.7. The van der Waals surface area contributed by atoms with Gasteiger partial charge in [0.2, 0.25) is 0 Å². The summed E-state index contributed by atoms with van der Waals surface area (Å²) in [5.41, 5.74) is 0. The van der Waals surface area contributed by atoms with Crippen molar-refractivity contribution in [3.63, 3.8) is 0 Å². The highest BCUT2D eigenvalue weighted by Crippen LogP contribution is 2.25. The molecule has 1 aromatic rings. The van der Waals surface area contributed by atoms with Gasteiger partial charge in [0.15, 0.2) is 0 Å². The highest BCUT2D eigenvalue weighted by Gasteiger charge is 2.24. The van der Waals surface area contributed by atoms with Gasteiger partial charge in [-0.05, 0) is 40.9 Å². The average Bonchev–Trinajstić information content (AvgIpc) is 2.63. The second-order valence-corrected chi connectivity index (χ2v) is 7.36. The quantitative estimate of drug-likeness (QED) is 0.637. The minimum Gasteiger partial charge on any atom is -0.347 e. The number of alkyl halides is 1. The molecule has 0 radical (unpaired) electrons. The van der Waals surface area contributed by atoms with Gasteiger partial charge in [-0.15, -0.1) is 22.9 Å². The van der Waals surface area contributed by atoms with Crippen LogP contribution in [-0.2, 0) is 0 Å². The molecule has 1 aliphatic carbocycles. The van der Waals surface area contributed by atoms with Crippen molar-refractivity contribution in [3.05, 3.63) is 20.8 Å². The van der Waals surface area contributed by atoms with E-state index >= 15 is 0 Å². The molecule has 1 heterocycles. The van der Waals surface area contributed by atoms with Crippen molar-refractivity contribution in [1.82, 2.24) is 5.32 Å². The van der Waals surface area contributed by atoms with Crippen LogP contribution in [0.2, 0.25) is 0 Å². The molecule has 5 heteroatoms. The van der Waals surface area contributed by atoms with Gasteiger partial charge in [-0.25, -0.2) is 0 Å². The first-order chi connectivity index (χ1) is 8.16. The van der Waals surface area contributed by atoms with Crippen LogP contribution in [-0.4, -0.2) is 17.3 Å². The Balaban J connectivity index is 1.97. The Bertz CT molecular complexity index is 396. The summed E-state index contributed by atoms with van der Waals surface area (Å²) >= 11 is 11.1. The molecule has 2 nitrogen and oxygen atoms in total. The van der Waals surface area contributed by atoms with Gasteiger partial charge in [0, 0.05) is 6.04 Å². The van der Waals surface area contributed by atoms with E-state index in [-0.39, 0.29) is 17.3 Å². The Morgan fingerprint density at radius 3 is 2.82 bits per heavy atom. The van der Waals surface area contributed by atoms with Crippen LogP contribution in [0.3, 0.4) is 0 Å². The Kier molecular flexibility index (Phi) is 4.88. The highest BCUT2D eigenvalue weighted by molar-refractivity contribution is 9.11. The summed E-state index contributed by atoms with van der Waals surface area (Å²) in [6.45, 7) is 0. The monoisotopic (exact) mass is 335 g/mol. The fourth-order valence-corrected chi connectivity index (χ4v) is 3.73. The normalized spacial score (nSPS) is 25.3. The predicted molar refractivity (Wildman–Crippen MR) is 76.0 cm³/mol. The fraction of sp³-hybridized carbons (Fsp3) is 0.583. The third-order valence-electron chi connectivity index (χ3n) is 3.05. The molecule has 0 aromatic carbocycles. The van der Waals surface area contributed by atoms with Crippen LogP contribution in [0.1, 0.15) is 41.8 Å². The number of nitrogens with one attached hydrogen (secondary N) is 1. The van der Waals surface area contributed by atoms with Crippen molar-refractivity contribution in [1.29, 1.82) is 0 Å². The number of carbonyl (C=O) groups is 1. The average molecular weight is 337 g/mol. The second-order valence-electron chi connectivity index (χ2n) is 4.34. The largest absolute Gasteiger partial charge is 0.347 e. The fourth-order valence-electron chi connectivity index (χ4n) is 2.10. The molecular formula is C12H15BrClNOS. The van der Waals surface area contributed by atoms with Gasteiger partial charge >= 0.3 is 0 Å². The molecular weight excluding hydrogens is 322 g/mol. The lowest BCUT2D eigenvalue weighted by Gasteiger charge is -2.20. The van der Waals surface area contributed by atoms with Gasteiger partial charge in [0.25, 0.3) is 5.91 Å². The van der Waals surface area contributed by atoms with E-state index < -0.39 is 0 Å². The molecule has 1 amide bonds. The molecule has 1 saturated carbocycles. The maximum atomic E-state index is 12.0. The number of thiophene rings is 1.